The fourth-order valence-corrected chi connectivity index (χ4v) is 8.84. The zero-order chi connectivity index (χ0) is 34.4. The molecule has 1 unspecified atom stereocenters. The second-order valence-electron chi connectivity index (χ2n) is 13.0. The van der Waals surface area contributed by atoms with E-state index in [0.717, 1.165) is 17.7 Å². The van der Waals surface area contributed by atoms with Crippen LogP contribution in [-0.2, 0) is 42.2 Å². The van der Waals surface area contributed by atoms with Crippen molar-refractivity contribution in [1.29, 1.82) is 0 Å². The molecule has 49 heavy (non-hydrogen) atoms. The number of thioether (sulfide) groups is 1. The number of aliphatic hydroxyl groups excluding tert-OH is 1. The number of hydrogen-bond donors (Lipinski definition) is 2. The zero-order valence-electron chi connectivity index (χ0n) is 27.6. The van der Waals surface area contributed by atoms with E-state index in [4.69, 9.17) is 18.7 Å². The lowest BCUT2D eigenvalue weighted by molar-refractivity contribution is -0.0907. The summed E-state index contributed by atoms with van der Waals surface area (Å²) in [6, 6.07) is 23.4. The third kappa shape index (κ3) is 8.83. The number of carbonyl (C=O) groups is 1. The molecule has 1 aromatic heterocycles. The van der Waals surface area contributed by atoms with Crippen LogP contribution in [0.5, 0.6) is 0 Å². The van der Waals surface area contributed by atoms with Crippen molar-refractivity contribution in [2.24, 2.45) is 11.8 Å². The van der Waals surface area contributed by atoms with Gasteiger partial charge in [-0.1, -0.05) is 79.7 Å². The standard InChI is InChI=1S/C36H43N3O8S2/c1-24(2)19-39(49(42,43)27-13-14-33-29(18-27)31(38-47-33)23-48-22-26-11-7-4-8-12-26)20-32(40)30(17-25-9-5-3-6-10-25)37-36(41)46-34-21-45-35-28(34)15-16-44-35/h3-14,18,24,28,30,32,34-35,40H,15-17,19-23H2,1-2H3,(H,37,41)/t28-,30-,32+,34?,35+/m0/s1. The van der Waals surface area contributed by atoms with Crippen molar-refractivity contribution in [3.8, 4) is 0 Å². The first-order valence-electron chi connectivity index (χ1n) is 16.6. The van der Waals surface area contributed by atoms with Crippen molar-refractivity contribution in [2.75, 3.05) is 26.3 Å². The summed E-state index contributed by atoms with van der Waals surface area (Å²) in [5, 5.41) is 19.3. The highest BCUT2D eigenvalue weighted by atomic mass is 32.2. The number of aromatic nitrogens is 1. The van der Waals surface area contributed by atoms with Crippen LogP contribution < -0.4 is 5.32 Å². The Labute approximate surface area is 291 Å². The predicted molar refractivity (Wildman–Crippen MR) is 186 cm³/mol. The molecule has 6 rings (SSSR count). The van der Waals surface area contributed by atoms with Crippen molar-refractivity contribution in [3.05, 3.63) is 95.7 Å². The molecule has 11 nitrogen and oxygen atoms in total. The number of aliphatic hydroxyl groups is 1. The maximum atomic E-state index is 14.2. The van der Waals surface area contributed by atoms with E-state index in [-0.39, 0.29) is 49.1 Å². The van der Waals surface area contributed by atoms with Gasteiger partial charge in [0.25, 0.3) is 0 Å². The maximum Gasteiger partial charge on any atom is 0.407 e. The Morgan fingerprint density at radius 1 is 1.02 bits per heavy atom. The molecule has 13 heteroatoms. The molecule has 2 N–H and O–H groups in total. The predicted octanol–water partition coefficient (Wildman–Crippen LogP) is 5.37. The molecule has 0 spiro atoms. The minimum atomic E-state index is -4.08. The van der Waals surface area contributed by atoms with Crippen molar-refractivity contribution < 1.29 is 37.1 Å². The maximum absolute atomic E-state index is 14.2. The average molecular weight is 710 g/mol. The van der Waals surface area contributed by atoms with Gasteiger partial charge in [-0.3, -0.25) is 0 Å². The summed E-state index contributed by atoms with van der Waals surface area (Å²) in [5.41, 5.74) is 3.22. The summed E-state index contributed by atoms with van der Waals surface area (Å²) in [4.78, 5) is 13.2. The molecule has 0 saturated carbocycles. The Morgan fingerprint density at radius 3 is 2.49 bits per heavy atom. The summed E-state index contributed by atoms with van der Waals surface area (Å²) in [5.74, 6) is 1.24. The molecule has 2 aliphatic rings. The van der Waals surface area contributed by atoms with Crippen LogP contribution in [0, 0.1) is 11.8 Å². The van der Waals surface area contributed by atoms with E-state index in [1.54, 1.807) is 23.9 Å². The third-order valence-corrected chi connectivity index (χ3v) is 11.6. The number of fused-ring (bicyclic) bond motifs is 2. The number of benzene rings is 3. The molecule has 0 aliphatic carbocycles. The van der Waals surface area contributed by atoms with Gasteiger partial charge >= 0.3 is 6.09 Å². The molecule has 2 aliphatic heterocycles. The summed E-state index contributed by atoms with van der Waals surface area (Å²) < 4.78 is 52.2. The molecular weight excluding hydrogens is 667 g/mol. The minimum absolute atomic E-state index is 0.0410. The lowest BCUT2D eigenvalue weighted by Crippen LogP contribution is -2.51. The molecule has 262 valence electrons. The molecule has 3 aromatic carbocycles. The fourth-order valence-electron chi connectivity index (χ4n) is 6.26. The van der Waals surface area contributed by atoms with Gasteiger partial charge < -0.3 is 29.2 Å². The third-order valence-electron chi connectivity index (χ3n) is 8.77. The van der Waals surface area contributed by atoms with Crippen molar-refractivity contribution in [3.63, 3.8) is 0 Å². The van der Waals surface area contributed by atoms with Crippen LogP contribution in [0.3, 0.4) is 0 Å². The number of alkyl carbamates (subject to hydrolysis) is 1. The number of sulfonamides is 1. The summed E-state index contributed by atoms with van der Waals surface area (Å²) in [7, 11) is -4.08. The van der Waals surface area contributed by atoms with Crippen molar-refractivity contribution >= 4 is 38.8 Å². The van der Waals surface area contributed by atoms with Gasteiger partial charge in [0.1, 0.15) is 11.8 Å². The van der Waals surface area contributed by atoms with Gasteiger partial charge in [0, 0.05) is 30.0 Å². The summed E-state index contributed by atoms with van der Waals surface area (Å²) >= 11 is 1.66. The number of hydrogen-bond acceptors (Lipinski definition) is 10. The van der Waals surface area contributed by atoms with Gasteiger partial charge in [-0.25, -0.2) is 13.2 Å². The van der Waals surface area contributed by atoms with Gasteiger partial charge in [-0.05, 0) is 48.1 Å². The van der Waals surface area contributed by atoms with E-state index in [1.165, 1.54) is 15.9 Å². The number of ether oxygens (including phenoxy) is 3. The molecular formula is C36H43N3O8S2. The second-order valence-corrected chi connectivity index (χ2v) is 15.9. The van der Waals surface area contributed by atoms with Gasteiger partial charge in [-0.15, -0.1) is 0 Å². The van der Waals surface area contributed by atoms with Crippen LogP contribution in [0.15, 0.2) is 88.3 Å². The van der Waals surface area contributed by atoms with E-state index in [2.05, 4.69) is 22.6 Å². The van der Waals surface area contributed by atoms with E-state index >= 15 is 0 Å². The Hall–Kier alpha value is -3.46. The Balaban J connectivity index is 1.19. The SMILES string of the molecule is CC(C)CN(C[C@@H](O)[C@H](Cc1ccccc1)NC(=O)OC1CO[C@H]2OCC[C@@H]12)S(=O)(=O)c1ccc2onc(CSCc3ccccc3)c2c1. The average Bonchev–Trinajstić information content (AvgIpc) is 3.82. The normalized spacial score (nSPS) is 20.5. The second kappa shape index (κ2) is 16.0. The van der Waals surface area contributed by atoms with Crippen molar-refractivity contribution in [2.45, 2.75) is 67.6 Å². The first kappa shape index (κ1) is 35.4. The largest absolute Gasteiger partial charge is 0.443 e. The topological polar surface area (TPSA) is 140 Å². The Bertz CT molecular complexity index is 1790. The monoisotopic (exact) mass is 709 g/mol. The fraction of sp³-hybridized carbons (Fsp3) is 0.444. The van der Waals surface area contributed by atoms with Crippen LogP contribution in [0.25, 0.3) is 11.0 Å². The van der Waals surface area contributed by atoms with Crippen LogP contribution in [0.1, 0.15) is 37.1 Å². The van der Waals surface area contributed by atoms with Crippen LogP contribution in [0.2, 0.25) is 0 Å². The van der Waals surface area contributed by atoms with Gasteiger partial charge in [0.15, 0.2) is 11.9 Å². The van der Waals surface area contributed by atoms with E-state index in [1.807, 2.05) is 62.4 Å². The molecule has 0 radical (unpaired) electrons. The molecule has 1 amide bonds. The minimum Gasteiger partial charge on any atom is -0.443 e. The number of nitrogens with zero attached hydrogens (tertiary/aromatic N) is 2. The first-order chi connectivity index (χ1) is 23.7. The highest BCUT2D eigenvalue weighted by Crippen LogP contribution is 2.33. The number of carbonyl (C=O) groups excluding carboxylic acids is 1. The zero-order valence-corrected chi connectivity index (χ0v) is 29.3. The number of amides is 1. The lowest BCUT2D eigenvalue weighted by Gasteiger charge is -2.31. The number of rotatable bonds is 15. The first-order valence-corrected chi connectivity index (χ1v) is 19.2. The summed E-state index contributed by atoms with van der Waals surface area (Å²) in [6.45, 7) is 4.53. The van der Waals surface area contributed by atoms with Crippen LogP contribution in [0.4, 0.5) is 4.79 Å². The lowest BCUT2D eigenvalue weighted by atomic mass is 10.0. The van der Waals surface area contributed by atoms with E-state index < -0.39 is 34.4 Å². The molecule has 2 saturated heterocycles. The highest BCUT2D eigenvalue weighted by Gasteiger charge is 2.44. The number of nitrogens with one attached hydrogen (secondary N) is 1. The molecule has 4 aromatic rings. The molecule has 5 atom stereocenters. The summed E-state index contributed by atoms with van der Waals surface area (Å²) in [6.07, 6.45) is -1.80. The van der Waals surface area contributed by atoms with Gasteiger partial charge in [0.2, 0.25) is 10.0 Å². The smallest absolute Gasteiger partial charge is 0.407 e. The Morgan fingerprint density at radius 2 is 1.76 bits per heavy atom. The van der Waals surface area contributed by atoms with E-state index in [0.29, 0.717) is 29.0 Å². The molecule has 0 bridgehead atoms. The van der Waals surface area contributed by atoms with Gasteiger partial charge in [-0.2, -0.15) is 16.1 Å². The van der Waals surface area contributed by atoms with Crippen LogP contribution in [-0.4, -0.2) is 79.9 Å². The highest BCUT2D eigenvalue weighted by molar-refractivity contribution is 7.97. The van der Waals surface area contributed by atoms with Crippen LogP contribution >= 0.6 is 11.8 Å². The molecule has 2 fully saturated rings. The quantitative estimate of drug-likeness (QED) is 0.166. The Kier molecular flexibility index (Phi) is 11.6. The molecule has 3 heterocycles. The van der Waals surface area contributed by atoms with Crippen molar-refractivity contribution in [1.82, 2.24) is 14.8 Å². The van der Waals surface area contributed by atoms with Gasteiger partial charge in [0.05, 0.1) is 36.2 Å². The van der Waals surface area contributed by atoms with E-state index in [9.17, 15) is 18.3 Å².